The van der Waals surface area contributed by atoms with E-state index in [0.717, 1.165) is 49.1 Å². The Morgan fingerprint density at radius 3 is 2.78 bits per heavy atom. The second-order valence-corrected chi connectivity index (χ2v) is 10.8. The quantitative estimate of drug-likeness (QED) is 0.226. The van der Waals surface area contributed by atoms with Gasteiger partial charge in [0.05, 0.1) is 23.6 Å². The summed E-state index contributed by atoms with van der Waals surface area (Å²) in [5, 5.41) is 3.46. The number of hydrogen-bond donors (Lipinski definition) is 1. The smallest absolute Gasteiger partial charge is 0.226 e. The number of carbonyl (C=O) groups is 1. The third-order valence-corrected chi connectivity index (χ3v) is 7.78. The minimum absolute atomic E-state index is 0.233. The molecule has 6 rings (SSSR count). The van der Waals surface area contributed by atoms with E-state index in [2.05, 4.69) is 91.9 Å². The summed E-state index contributed by atoms with van der Waals surface area (Å²) in [5.41, 5.74) is 8.70. The van der Waals surface area contributed by atoms with Crippen molar-refractivity contribution in [2.24, 2.45) is 7.05 Å². The van der Waals surface area contributed by atoms with Gasteiger partial charge in [-0.2, -0.15) is 0 Å². The van der Waals surface area contributed by atoms with Crippen LogP contribution in [-0.2, 0) is 18.3 Å². The lowest BCUT2D eigenvalue weighted by Crippen LogP contribution is -2.52. The van der Waals surface area contributed by atoms with Crippen LogP contribution < -0.4 is 10.2 Å². The second kappa shape index (κ2) is 11.1. The number of hydrogen-bond acceptors (Lipinski definition) is 9. The lowest BCUT2D eigenvalue weighted by molar-refractivity contribution is -0.105. The Balaban J connectivity index is 1.19. The largest absolute Gasteiger partial charge is 0.338 e. The molecule has 41 heavy (non-hydrogen) atoms. The van der Waals surface area contributed by atoms with Crippen LogP contribution in [0.3, 0.4) is 0 Å². The van der Waals surface area contributed by atoms with E-state index in [1.807, 2.05) is 17.9 Å². The molecule has 0 radical (unpaired) electrons. The van der Waals surface area contributed by atoms with Crippen molar-refractivity contribution in [2.75, 3.05) is 36.4 Å². The number of anilines is 3. The van der Waals surface area contributed by atoms with Crippen LogP contribution in [0.4, 0.5) is 17.5 Å². The molecule has 1 fully saturated rings. The fraction of sp³-hybridized carbons (Fsp3) is 0.290. The third-order valence-electron chi connectivity index (χ3n) is 7.78. The maximum atomic E-state index is 11.0. The zero-order valence-electron chi connectivity index (χ0n) is 23.6. The van der Waals surface area contributed by atoms with Gasteiger partial charge in [0.15, 0.2) is 5.82 Å². The summed E-state index contributed by atoms with van der Waals surface area (Å²) in [6.07, 6.45) is 6.80. The summed E-state index contributed by atoms with van der Waals surface area (Å²) in [5.74, 6) is 1.29. The first-order valence-corrected chi connectivity index (χ1v) is 13.7. The Labute approximate surface area is 238 Å². The van der Waals surface area contributed by atoms with E-state index in [-0.39, 0.29) is 6.04 Å². The molecule has 1 saturated heterocycles. The minimum Gasteiger partial charge on any atom is -0.338 e. The number of carbonyl (C=O) groups excluding carboxylic acids is 1. The molecule has 0 unspecified atom stereocenters. The van der Waals surface area contributed by atoms with E-state index >= 15 is 0 Å². The van der Waals surface area contributed by atoms with Crippen molar-refractivity contribution in [1.29, 1.82) is 0 Å². The highest BCUT2D eigenvalue weighted by molar-refractivity contribution is 5.87. The van der Waals surface area contributed by atoms with Gasteiger partial charge < -0.3 is 14.8 Å². The third kappa shape index (κ3) is 5.51. The van der Waals surface area contributed by atoms with E-state index < -0.39 is 0 Å². The minimum atomic E-state index is 0.233. The Hall–Kier alpha value is -4.70. The standard InChI is InChI=1S/C31H33N9O/c1-20(17-41)15-39-9-10-40(16-22(39)3)31-32-14-27-29(37-31)30(34-18-33-27)36-25-7-6-24(21(2)11-25)12-23-5-8-28-26(13-23)35-19-38(28)4/h5-8,11,13-14,17-19,22H,1,9-10,12,15-16H2,2-4H3,(H,33,34,36)/t22-/m1/s1. The maximum absolute atomic E-state index is 11.0. The van der Waals surface area contributed by atoms with Gasteiger partial charge in [-0.1, -0.05) is 18.7 Å². The van der Waals surface area contributed by atoms with Crippen molar-refractivity contribution in [3.63, 3.8) is 0 Å². The molecule has 3 aromatic heterocycles. The lowest BCUT2D eigenvalue weighted by Gasteiger charge is -2.39. The predicted octanol–water partition coefficient (Wildman–Crippen LogP) is 4.21. The number of aldehydes is 1. The highest BCUT2D eigenvalue weighted by atomic mass is 16.1. The van der Waals surface area contributed by atoms with Crippen molar-refractivity contribution in [3.8, 4) is 0 Å². The van der Waals surface area contributed by atoms with Crippen LogP contribution in [0.1, 0.15) is 23.6 Å². The molecule has 4 heterocycles. The molecule has 1 aliphatic rings. The Morgan fingerprint density at radius 2 is 1.98 bits per heavy atom. The van der Waals surface area contributed by atoms with Crippen LogP contribution >= 0.6 is 0 Å². The molecule has 0 spiro atoms. The summed E-state index contributed by atoms with van der Waals surface area (Å²) in [7, 11) is 2.01. The second-order valence-electron chi connectivity index (χ2n) is 10.8. The van der Waals surface area contributed by atoms with Gasteiger partial charge >= 0.3 is 0 Å². The average Bonchev–Trinajstić information content (AvgIpc) is 3.35. The van der Waals surface area contributed by atoms with Crippen molar-refractivity contribution < 1.29 is 4.79 Å². The van der Waals surface area contributed by atoms with Gasteiger partial charge in [0, 0.05) is 45.0 Å². The molecule has 0 aliphatic carbocycles. The van der Waals surface area contributed by atoms with Crippen molar-refractivity contribution in [1.82, 2.24) is 34.4 Å². The average molecular weight is 548 g/mol. The SMILES string of the molecule is C=C(C=O)CN1CCN(c2ncc3ncnc(Nc4ccc(Cc5ccc6c(c5)ncn6C)c(C)c4)c3n2)C[C@H]1C. The monoisotopic (exact) mass is 547 g/mol. The van der Waals surface area contributed by atoms with Gasteiger partial charge in [0.2, 0.25) is 5.95 Å². The molecule has 5 aromatic rings. The molecule has 1 atom stereocenters. The topological polar surface area (TPSA) is 105 Å². The zero-order valence-corrected chi connectivity index (χ0v) is 23.6. The van der Waals surface area contributed by atoms with Crippen LogP contribution in [0.25, 0.3) is 22.1 Å². The number of nitrogens with zero attached hydrogens (tertiary/aromatic N) is 8. The van der Waals surface area contributed by atoms with Crippen LogP contribution in [0.2, 0.25) is 0 Å². The number of fused-ring (bicyclic) bond motifs is 2. The van der Waals surface area contributed by atoms with Gasteiger partial charge in [-0.05, 0) is 66.8 Å². The molecule has 1 N–H and O–H groups in total. The van der Waals surface area contributed by atoms with E-state index in [1.54, 1.807) is 6.20 Å². The number of piperazine rings is 1. The Bertz CT molecular complexity index is 1760. The van der Waals surface area contributed by atoms with Crippen LogP contribution in [-0.4, -0.2) is 72.9 Å². The zero-order chi connectivity index (χ0) is 28.5. The molecule has 10 heteroatoms. The molecule has 2 aromatic carbocycles. The van der Waals surface area contributed by atoms with Gasteiger partial charge in [-0.3, -0.25) is 9.69 Å². The fourth-order valence-corrected chi connectivity index (χ4v) is 5.42. The summed E-state index contributed by atoms with van der Waals surface area (Å²) >= 11 is 0. The van der Waals surface area contributed by atoms with Gasteiger partial charge in [-0.25, -0.2) is 24.9 Å². The van der Waals surface area contributed by atoms with Gasteiger partial charge in [0.1, 0.15) is 23.6 Å². The molecule has 10 nitrogen and oxygen atoms in total. The fourth-order valence-electron chi connectivity index (χ4n) is 5.42. The summed E-state index contributed by atoms with van der Waals surface area (Å²) in [6.45, 7) is 11.0. The molecule has 0 amide bonds. The first-order valence-electron chi connectivity index (χ1n) is 13.7. The summed E-state index contributed by atoms with van der Waals surface area (Å²) in [6, 6.07) is 13.1. The van der Waals surface area contributed by atoms with E-state index in [9.17, 15) is 4.79 Å². The van der Waals surface area contributed by atoms with Crippen molar-refractivity contribution in [2.45, 2.75) is 26.3 Å². The molecular formula is C31H33N9O. The highest BCUT2D eigenvalue weighted by Gasteiger charge is 2.26. The van der Waals surface area contributed by atoms with Crippen molar-refractivity contribution >= 4 is 45.8 Å². The van der Waals surface area contributed by atoms with Crippen molar-refractivity contribution in [3.05, 3.63) is 84.1 Å². The molecular weight excluding hydrogens is 514 g/mol. The molecule has 208 valence electrons. The normalized spacial score (nSPS) is 15.9. The molecule has 1 aliphatic heterocycles. The number of rotatable bonds is 8. The summed E-state index contributed by atoms with van der Waals surface area (Å²) in [4.78, 5) is 38.3. The number of aromatic nitrogens is 6. The highest BCUT2D eigenvalue weighted by Crippen LogP contribution is 2.26. The predicted molar refractivity (Wildman–Crippen MR) is 162 cm³/mol. The van der Waals surface area contributed by atoms with E-state index in [1.165, 1.54) is 23.0 Å². The number of imidazole rings is 1. The van der Waals surface area contributed by atoms with Crippen LogP contribution in [0.5, 0.6) is 0 Å². The summed E-state index contributed by atoms with van der Waals surface area (Å²) < 4.78 is 2.03. The maximum Gasteiger partial charge on any atom is 0.226 e. The number of benzene rings is 2. The Morgan fingerprint density at radius 1 is 1.10 bits per heavy atom. The van der Waals surface area contributed by atoms with Crippen LogP contribution in [0, 0.1) is 6.92 Å². The van der Waals surface area contributed by atoms with E-state index in [4.69, 9.17) is 4.98 Å². The molecule has 0 saturated carbocycles. The first kappa shape index (κ1) is 26.5. The number of nitrogens with one attached hydrogen (secondary N) is 1. The number of aryl methyl sites for hydroxylation is 2. The van der Waals surface area contributed by atoms with Crippen LogP contribution in [0.15, 0.2) is 67.4 Å². The van der Waals surface area contributed by atoms with E-state index in [0.29, 0.717) is 34.9 Å². The first-order chi connectivity index (χ1) is 19.9. The molecule has 0 bridgehead atoms. The van der Waals surface area contributed by atoms with Gasteiger partial charge in [-0.15, -0.1) is 0 Å². The Kier molecular flexibility index (Phi) is 7.15. The van der Waals surface area contributed by atoms with Gasteiger partial charge in [0.25, 0.3) is 0 Å². The lowest BCUT2D eigenvalue weighted by atomic mass is 9.99.